The van der Waals surface area contributed by atoms with Gasteiger partial charge in [0, 0.05) is 18.3 Å². The van der Waals surface area contributed by atoms with E-state index in [1.54, 1.807) is 6.07 Å². The van der Waals surface area contributed by atoms with Crippen LogP contribution < -0.4 is 10.0 Å². The lowest BCUT2D eigenvalue weighted by Crippen LogP contribution is -2.21. The van der Waals surface area contributed by atoms with Crippen molar-refractivity contribution in [2.24, 2.45) is 0 Å². The second kappa shape index (κ2) is 9.02. The minimum Gasteiger partial charge on any atom is -0.381 e. The average molecular weight is 314 g/mol. The van der Waals surface area contributed by atoms with Crippen LogP contribution in [0.3, 0.4) is 0 Å². The maximum absolute atomic E-state index is 11.9. The lowest BCUT2D eigenvalue weighted by atomic mass is 10.1. The number of benzene rings is 1. The Bertz CT molecular complexity index is 517. The lowest BCUT2D eigenvalue weighted by Gasteiger charge is -2.15. The predicted molar refractivity (Wildman–Crippen MR) is 87.1 cm³/mol. The molecule has 6 heteroatoms. The Morgan fingerprint density at radius 1 is 1.29 bits per heavy atom. The maximum atomic E-state index is 11.9. The first-order valence-electron chi connectivity index (χ1n) is 7.40. The predicted octanol–water partition coefficient (Wildman–Crippen LogP) is 2.53. The minimum atomic E-state index is -3.36. The fourth-order valence-electron chi connectivity index (χ4n) is 1.89. The molecule has 0 heterocycles. The molecule has 5 nitrogen and oxygen atoms in total. The highest BCUT2D eigenvalue weighted by atomic mass is 32.2. The Balaban J connectivity index is 2.67. The highest BCUT2D eigenvalue weighted by Gasteiger charge is 2.11. The highest BCUT2D eigenvalue weighted by Crippen LogP contribution is 2.18. The SMILES string of the molecule is CCCNC(C)c1cccc(NS(=O)(=O)CCOCC)c1. The fourth-order valence-corrected chi connectivity index (χ4v) is 2.82. The van der Waals surface area contributed by atoms with E-state index in [1.807, 2.05) is 25.1 Å². The molecule has 1 unspecified atom stereocenters. The highest BCUT2D eigenvalue weighted by molar-refractivity contribution is 7.92. The molecule has 1 atom stereocenters. The quantitative estimate of drug-likeness (QED) is 0.651. The van der Waals surface area contributed by atoms with Gasteiger partial charge in [-0.25, -0.2) is 8.42 Å². The van der Waals surface area contributed by atoms with Crippen molar-refractivity contribution in [1.29, 1.82) is 0 Å². The van der Waals surface area contributed by atoms with Crippen molar-refractivity contribution in [1.82, 2.24) is 5.32 Å². The summed E-state index contributed by atoms with van der Waals surface area (Å²) in [6.07, 6.45) is 1.06. The molecule has 0 spiro atoms. The van der Waals surface area contributed by atoms with Crippen molar-refractivity contribution in [2.45, 2.75) is 33.2 Å². The molecule has 0 saturated heterocycles. The summed E-state index contributed by atoms with van der Waals surface area (Å²) < 4.78 is 31.5. The van der Waals surface area contributed by atoms with E-state index in [1.165, 1.54) is 0 Å². The van der Waals surface area contributed by atoms with Crippen molar-refractivity contribution < 1.29 is 13.2 Å². The summed E-state index contributed by atoms with van der Waals surface area (Å²) in [7, 11) is -3.36. The summed E-state index contributed by atoms with van der Waals surface area (Å²) in [6.45, 7) is 7.69. The van der Waals surface area contributed by atoms with E-state index < -0.39 is 10.0 Å². The molecule has 0 bridgehead atoms. The molecule has 0 saturated carbocycles. The molecule has 0 aliphatic heterocycles. The van der Waals surface area contributed by atoms with E-state index in [9.17, 15) is 8.42 Å². The zero-order chi connectivity index (χ0) is 15.7. The Kier molecular flexibility index (Phi) is 7.71. The van der Waals surface area contributed by atoms with E-state index in [-0.39, 0.29) is 18.4 Å². The monoisotopic (exact) mass is 314 g/mol. The van der Waals surface area contributed by atoms with Gasteiger partial charge in [-0.05, 0) is 44.5 Å². The summed E-state index contributed by atoms with van der Waals surface area (Å²) in [5.41, 5.74) is 1.66. The first kappa shape index (κ1) is 17.9. The Labute approximate surface area is 128 Å². The third kappa shape index (κ3) is 6.93. The van der Waals surface area contributed by atoms with Crippen LogP contribution in [-0.2, 0) is 14.8 Å². The second-order valence-electron chi connectivity index (χ2n) is 4.92. The Morgan fingerprint density at radius 2 is 2.05 bits per heavy atom. The molecule has 0 aliphatic carbocycles. The zero-order valence-corrected chi connectivity index (χ0v) is 13.9. The van der Waals surface area contributed by atoms with Gasteiger partial charge in [-0.1, -0.05) is 19.1 Å². The molecule has 21 heavy (non-hydrogen) atoms. The van der Waals surface area contributed by atoms with Crippen LogP contribution in [0.4, 0.5) is 5.69 Å². The summed E-state index contributed by atoms with van der Waals surface area (Å²) in [5, 5.41) is 3.38. The van der Waals surface area contributed by atoms with Crippen LogP contribution in [-0.4, -0.2) is 33.9 Å². The maximum Gasteiger partial charge on any atom is 0.234 e. The Morgan fingerprint density at radius 3 is 2.71 bits per heavy atom. The van der Waals surface area contributed by atoms with Crippen LogP contribution >= 0.6 is 0 Å². The van der Waals surface area contributed by atoms with Crippen molar-refractivity contribution in [2.75, 3.05) is 30.2 Å². The van der Waals surface area contributed by atoms with Crippen LogP contribution in [0.25, 0.3) is 0 Å². The van der Waals surface area contributed by atoms with Crippen LogP contribution in [0.5, 0.6) is 0 Å². The average Bonchev–Trinajstić information content (AvgIpc) is 2.44. The number of sulfonamides is 1. The van der Waals surface area contributed by atoms with Gasteiger partial charge >= 0.3 is 0 Å². The van der Waals surface area contributed by atoms with Gasteiger partial charge in [0.15, 0.2) is 0 Å². The van der Waals surface area contributed by atoms with Crippen molar-refractivity contribution in [3.05, 3.63) is 29.8 Å². The molecule has 1 aromatic carbocycles. The third-order valence-corrected chi connectivity index (χ3v) is 4.31. The fraction of sp³-hybridized carbons (Fsp3) is 0.600. The molecule has 120 valence electrons. The van der Waals surface area contributed by atoms with E-state index in [4.69, 9.17) is 4.74 Å². The number of nitrogens with one attached hydrogen (secondary N) is 2. The molecule has 2 N–H and O–H groups in total. The number of hydrogen-bond donors (Lipinski definition) is 2. The van der Waals surface area contributed by atoms with Crippen LogP contribution in [0, 0.1) is 0 Å². The first-order chi connectivity index (χ1) is 9.98. The number of ether oxygens (including phenoxy) is 1. The number of hydrogen-bond acceptors (Lipinski definition) is 4. The normalized spacial score (nSPS) is 13.1. The molecule has 0 radical (unpaired) electrons. The van der Waals surface area contributed by atoms with Gasteiger partial charge in [-0.3, -0.25) is 4.72 Å². The molecular weight excluding hydrogens is 288 g/mol. The standard InChI is InChI=1S/C15H26N2O3S/c1-4-9-16-13(3)14-7-6-8-15(12-14)17-21(18,19)11-10-20-5-2/h6-8,12-13,16-17H,4-5,9-11H2,1-3H3. The van der Waals surface area contributed by atoms with Gasteiger partial charge in [0.25, 0.3) is 0 Å². The Hall–Kier alpha value is -1.11. The van der Waals surface area contributed by atoms with Gasteiger partial charge in [0.2, 0.25) is 10.0 Å². The van der Waals surface area contributed by atoms with Crippen molar-refractivity contribution in [3.8, 4) is 0 Å². The van der Waals surface area contributed by atoms with Crippen molar-refractivity contribution in [3.63, 3.8) is 0 Å². The lowest BCUT2D eigenvalue weighted by molar-refractivity contribution is 0.163. The summed E-state index contributed by atoms with van der Waals surface area (Å²) >= 11 is 0. The second-order valence-corrected chi connectivity index (χ2v) is 6.76. The molecule has 1 aromatic rings. The van der Waals surface area contributed by atoms with E-state index in [0.29, 0.717) is 12.3 Å². The zero-order valence-electron chi connectivity index (χ0n) is 13.1. The molecule has 0 aromatic heterocycles. The largest absolute Gasteiger partial charge is 0.381 e. The van der Waals surface area contributed by atoms with Crippen LogP contribution in [0.1, 0.15) is 38.8 Å². The number of anilines is 1. The van der Waals surface area contributed by atoms with Crippen molar-refractivity contribution >= 4 is 15.7 Å². The minimum absolute atomic E-state index is 0.0330. The molecule has 1 rings (SSSR count). The molecule has 0 aliphatic rings. The van der Waals surface area contributed by atoms with Crippen LogP contribution in [0.15, 0.2) is 24.3 Å². The number of rotatable bonds is 10. The van der Waals surface area contributed by atoms with E-state index in [2.05, 4.69) is 23.9 Å². The van der Waals surface area contributed by atoms with Gasteiger partial charge in [0.05, 0.1) is 12.4 Å². The summed E-state index contributed by atoms with van der Waals surface area (Å²) in [5.74, 6) is -0.0330. The van der Waals surface area contributed by atoms with Gasteiger partial charge in [0.1, 0.15) is 0 Å². The molecule has 0 fully saturated rings. The summed E-state index contributed by atoms with van der Waals surface area (Å²) in [6, 6.07) is 7.67. The smallest absolute Gasteiger partial charge is 0.234 e. The van der Waals surface area contributed by atoms with Gasteiger partial charge in [-0.2, -0.15) is 0 Å². The first-order valence-corrected chi connectivity index (χ1v) is 9.05. The van der Waals surface area contributed by atoms with E-state index >= 15 is 0 Å². The molecule has 0 amide bonds. The van der Waals surface area contributed by atoms with Crippen LogP contribution in [0.2, 0.25) is 0 Å². The molecular formula is C15H26N2O3S. The van der Waals surface area contributed by atoms with Gasteiger partial charge < -0.3 is 10.1 Å². The topological polar surface area (TPSA) is 67.4 Å². The summed E-state index contributed by atoms with van der Waals surface area (Å²) in [4.78, 5) is 0. The van der Waals surface area contributed by atoms with E-state index in [0.717, 1.165) is 18.5 Å². The third-order valence-electron chi connectivity index (χ3n) is 3.06. The van der Waals surface area contributed by atoms with Gasteiger partial charge in [-0.15, -0.1) is 0 Å².